The summed E-state index contributed by atoms with van der Waals surface area (Å²) in [5, 5.41) is 5.28. The molecule has 0 fully saturated rings. The molecule has 1 N–H and O–H groups in total. The molecule has 33 heavy (non-hydrogen) atoms. The highest BCUT2D eigenvalue weighted by Crippen LogP contribution is 2.32. The Hall–Kier alpha value is -4.17. The highest BCUT2D eigenvalue weighted by Gasteiger charge is 2.16. The highest BCUT2D eigenvalue weighted by atomic mass is 32.1. The summed E-state index contributed by atoms with van der Waals surface area (Å²) in [4.78, 5) is 25.6. The summed E-state index contributed by atoms with van der Waals surface area (Å²) in [5.41, 5.74) is 4.71. The fraction of sp³-hybridized carbons (Fsp3) is 0.0400. The maximum atomic E-state index is 13.4. The molecule has 0 aliphatic carbocycles. The lowest BCUT2D eigenvalue weighted by Crippen LogP contribution is -2.17. The van der Waals surface area contributed by atoms with Crippen molar-refractivity contribution < 1.29 is 9.18 Å². The molecule has 1 amide bonds. The summed E-state index contributed by atoms with van der Waals surface area (Å²) in [5.74, 6) is -0.833. The molecule has 0 spiro atoms. The number of nitrogens with one attached hydrogen (secondary N) is 1. The van der Waals surface area contributed by atoms with Gasteiger partial charge in [-0.1, -0.05) is 30.3 Å². The number of aromatic nitrogens is 4. The molecule has 0 atom stereocenters. The van der Waals surface area contributed by atoms with Crippen molar-refractivity contribution in [2.24, 2.45) is 0 Å². The van der Waals surface area contributed by atoms with E-state index in [0.717, 1.165) is 28.1 Å². The zero-order chi connectivity index (χ0) is 22.6. The molecule has 5 aromatic rings. The van der Waals surface area contributed by atoms with Crippen molar-refractivity contribution in [2.45, 2.75) is 6.54 Å². The first-order valence-electron chi connectivity index (χ1n) is 10.2. The topological polar surface area (TPSA) is 72.7 Å². The third-order valence-corrected chi connectivity index (χ3v) is 5.83. The molecule has 0 saturated carbocycles. The number of nitrogens with zero attached hydrogens (tertiary/aromatic N) is 4. The number of anilines is 1. The van der Waals surface area contributed by atoms with Gasteiger partial charge < -0.3 is 4.57 Å². The van der Waals surface area contributed by atoms with E-state index in [-0.39, 0.29) is 5.91 Å². The molecule has 1 aromatic carbocycles. The van der Waals surface area contributed by atoms with E-state index < -0.39 is 5.95 Å². The Labute approximate surface area is 193 Å². The van der Waals surface area contributed by atoms with Crippen molar-refractivity contribution in [1.29, 1.82) is 0 Å². The number of halogens is 1. The molecule has 6 nitrogen and oxygen atoms in total. The minimum absolute atomic E-state index is 0.284. The number of carbonyl (C=O) groups excluding carboxylic acids is 1. The van der Waals surface area contributed by atoms with Crippen LogP contribution in [0.5, 0.6) is 0 Å². The van der Waals surface area contributed by atoms with Crippen molar-refractivity contribution in [2.75, 3.05) is 5.32 Å². The lowest BCUT2D eigenvalue weighted by atomic mass is 10.0. The number of thiazole rings is 1. The Morgan fingerprint density at radius 3 is 2.55 bits per heavy atom. The molecular weight excluding hydrogens is 437 g/mol. The van der Waals surface area contributed by atoms with Gasteiger partial charge in [0.25, 0.3) is 5.91 Å². The van der Waals surface area contributed by atoms with Gasteiger partial charge in [-0.05, 0) is 42.0 Å². The van der Waals surface area contributed by atoms with Gasteiger partial charge in [-0.2, -0.15) is 4.39 Å². The minimum atomic E-state index is -0.549. The molecule has 4 aromatic heterocycles. The van der Waals surface area contributed by atoms with Gasteiger partial charge in [-0.15, -0.1) is 11.3 Å². The Bertz CT molecular complexity index is 1410. The number of amides is 1. The van der Waals surface area contributed by atoms with Crippen LogP contribution in [-0.2, 0) is 6.54 Å². The number of pyridine rings is 2. The van der Waals surface area contributed by atoms with Crippen LogP contribution in [0, 0.1) is 5.95 Å². The van der Waals surface area contributed by atoms with Crippen molar-refractivity contribution in [1.82, 2.24) is 19.5 Å². The van der Waals surface area contributed by atoms with E-state index in [2.05, 4.69) is 20.3 Å². The Balaban J connectivity index is 1.36. The Kier molecular flexibility index (Phi) is 5.73. The van der Waals surface area contributed by atoms with Gasteiger partial charge in [0.1, 0.15) is 5.69 Å². The summed E-state index contributed by atoms with van der Waals surface area (Å²) in [6.07, 6.45) is 4.95. The third-order valence-electron chi connectivity index (χ3n) is 5.07. The van der Waals surface area contributed by atoms with E-state index in [1.54, 1.807) is 35.2 Å². The van der Waals surface area contributed by atoms with Gasteiger partial charge in [0.2, 0.25) is 5.95 Å². The largest absolute Gasteiger partial charge is 0.339 e. The van der Waals surface area contributed by atoms with Gasteiger partial charge >= 0.3 is 0 Å². The molecule has 0 bridgehead atoms. The van der Waals surface area contributed by atoms with Crippen molar-refractivity contribution >= 4 is 22.4 Å². The van der Waals surface area contributed by atoms with Gasteiger partial charge in [0.15, 0.2) is 5.13 Å². The van der Waals surface area contributed by atoms with E-state index in [1.807, 2.05) is 47.8 Å². The maximum absolute atomic E-state index is 13.4. The highest BCUT2D eigenvalue weighted by molar-refractivity contribution is 7.14. The minimum Gasteiger partial charge on any atom is -0.339 e. The molecule has 0 saturated heterocycles. The number of hydrogen-bond acceptors (Lipinski definition) is 5. The first-order valence-corrected chi connectivity index (χ1v) is 11.1. The molecule has 0 aliphatic rings. The summed E-state index contributed by atoms with van der Waals surface area (Å²) in [6, 6.07) is 20.3. The third kappa shape index (κ3) is 4.56. The summed E-state index contributed by atoms with van der Waals surface area (Å²) >= 11 is 1.36. The Morgan fingerprint density at radius 2 is 1.76 bits per heavy atom. The second-order valence-electron chi connectivity index (χ2n) is 7.26. The average molecular weight is 456 g/mol. The SMILES string of the molecule is O=C(Nc1nc(-c2ccccc2-c2ccccn2)cs1)c1cccn1Cc1ccnc(F)c1. The number of rotatable bonds is 6. The molecular formula is C25H18FN5OS. The summed E-state index contributed by atoms with van der Waals surface area (Å²) < 4.78 is 15.2. The van der Waals surface area contributed by atoms with Crippen LogP contribution in [0.1, 0.15) is 16.1 Å². The fourth-order valence-electron chi connectivity index (χ4n) is 3.56. The van der Waals surface area contributed by atoms with Crippen LogP contribution in [0.15, 0.2) is 90.7 Å². The van der Waals surface area contributed by atoms with Crippen LogP contribution in [0.2, 0.25) is 0 Å². The zero-order valence-electron chi connectivity index (χ0n) is 17.4. The average Bonchev–Trinajstić information content (AvgIpc) is 3.49. The molecule has 4 heterocycles. The molecule has 0 aliphatic heterocycles. The van der Waals surface area contributed by atoms with Crippen molar-refractivity contribution in [3.05, 3.63) is 108 Å². The summed E-state index contributed by atoms with van der Waals surface area (Å²) in [6.45, 7) is 0.357. The second kappa shape index (κ2) is 9.13. The van der Waals surface area contributed by atoms with E-state index in [0.29, 0.717) is 17.4 Å². The smallest absolute Gasteiger partial charge is 0.274 e. The quantitative estimate of drug-likeness (QED) is 0.343. The standard InChI is InChI=1S/C25H18FN5OS/c26-23-14-17(10-12-28-23)15-31-13-5-9-22(31)24(32)30-25-29-21(16-33-25)19-7-2-1-6-18(19)20-8-3-4-11-27-20/h1-14,16H,15H2,(H,29,30,32). The van der Waals surface area contributed by atoms with Gasteiger partial charge in [-0.3, -0.25) is 15.1 Å². The van der Waals surface area contributed by atoms with Crippen LogP contribution in [0.3, 0.4) is 0 Å². The number of benzene rings is 1. The lowest BCUT2D eigenvalue weighted by Gasteiger charge is -2.09. The van der Waals surface area contributed by atoms with Crippen LogP contribution in [0.4, 0.5) is 9.52 Å². The molecule has 0 radical (unpaired) electrons. The maximum Gasteiger partial charge on any atom is 0.274 e. The predicted octanol–water partition coefficient (Wildman–Crippen LogP) is 5.51. The first kappa shape index (κ1) is 20.7. The number of hydrogen-bond donors (Lipinski definition) is 1. The van der Waals surface area contributed by atoms with E-state index in [9.17, 15) is 9.18 Å². The van der Waals surface area contributed by atoms with Crippen LogP contribution >= 0.6 is 11.3 Å². The molecule has 0 unspecified atom stereocenters. The van der Waals surface area contributed by atoms with Gasteiger partial charge in [-0.25, -0.2) is 9.97 Å². The monoisotopic (exact) mass is 455 g/mol. The van der Waals surface area contributed by atoms with Crippen molar-refractivity contribution in [3.8, 4) is 22.5 Å². The van der Waals surface area contributed by atoms with Gasteiger partial charge in [0, 0.05) is 41.6 Å². The molecule has 162 valence electrons. The zero-order valence-corrected chi connectivity index (χ0v) is 18.2. The molecule has 8 heteroatoms. The lowest BCUT2D eigenvalue weighted by molar-refractivity contribution is 0.101. The van der Waals surface area contributed by atoms with Gasteiger partial charge in [0.05, 0.1) is 11.4 Å². The van der Waals surface area contributed by atoms with E-state index in [4.69, 9.17) is 0 Å². The van der Waals surface area contributed by atoms with E-state index in [1.165, 1.54) is 23.6 Å². The normalized spacial score (nSPS) is 10.8. The van der Waals surface area contributed by atoms with Crippen LogP contribution < -0.4 is 5.32 Å². The second-order valence-corrected chi connectivity index (χ2v) is 8.12. The van der Waals surface area contributed by atoms with Crippen LogP contribution in [0.25, 0.3) is 22.5 Å². The Morgan fingerprint density at radius 1 is 0.939 bits per heavy atom. The fourth-order valence-corrected chi connectivity index (χ4v) is 4.27. The van der Waals surface area contributed by atoms with E-state index >= 15 is 0 Å². The van der Waals surface area contributed by atoms with Crippen LogP contribution in [-0.4, -0.2) is 25.4 Å². The molecule has 5 rings (SSSR count). The van der Waals surface area contributed by atoms with Crippen molar-refractivity contribution in [3.63, 3.8) is 0 Å². The number of carbonyl (C=O) groups is 1. The first-order chi connectivity index (χ1) is 16.2. The predicted molar refractivity (Wildman–Crippen MR) is 126 cm³/mol. The summed E-state index contributed by atoms with van der Waals surface area (Å²) in [7, 11) is 0.